The summed E-state index contributed by atoms with van der Waals surface area (Å²) >= 11 is 0. The van der Waals surface area contributed by atoms with Crippen LogP contribution in [0.2, 0.25) is 0 Å². The Morgan fingerprint density at radius 2 is 1.83 bits per heavy atom. The molecule has 9 heteroatoms. The van der Waals surface area contributed by atoms with E-state index in [1.54, 1.807) is 11.0 Å². The van der Waals surface area contributed by atoms with Crippen LogP contribution in [-0.2, 0) is 6.54 Å². The number of benzene rings is 2. The monoisotopic (exact) mass is 392 g/mol. The molecule has 0 radical (unpaired) electrons. The van der Waals surface area contributed by atoms with Crippen LogP contribution in [-0.4, -0.2) is 61.6 Å². The second-order valence-corrected chi connectivity index (χ2v) is 6.85. The van der Waals surface area contributed by atoms with Gasteiger partial charge in [0.15, 0.2) is 0 Å². The second-order valence-electron chi connectivity index (χ2n) is 6.85. The summed E-state index contributed by atoms with van der Waals surface area (Å²) in [5.41, 5.74) is 1.64. The third-order valence-corrected chi connectivity index (χ3v) is 4.99. The minimum Gasteiger partial charge on any atom is -0.336 e. The van der Waals surface area contributed by atoms with Crippen molar-refractivity contribution in [3.8, 4) is 5.69 Å². The molecule has 0 N–H and O–H groups in total. The lowest BCUT2D eigenvalue weighted by molar-refractivity contribution is -0.384. The van der Waals surface area contributed by atoms with Gasteiger partial charge in [0.05, 0.1) is 4.92 Å². The number of hydrogen-bond acceptors (Lipinski definition) is 6. The number of nitro benzene ring substituents is 1. The second kappa shape index (κ2) is 8.19. The Bertz CT molecular complexity index is 998. The molecule has 1 aliphatic heterocycles. The van der Waals surface area contributed by atoms with Crippen molar-refractivity contribution in [3.05, 3.63) is 82.4 Å². The van der Waals surface area contributed by atoms with Crippen molar-refractivity contribution in [2.45, 2.75) is 6.54 Å². The van der Waals surface area contributed by atoms with Crippen molar-refractivity contribution in [3.63, 3.8) is 0 Å². The molecule has 1 aliphatic rings. The molecular weight excluding hydrogens is 372 g/mol. The van der Waals surface area contributed by atoms with E-state index >= 15 is 0 Å². The van der Waals surface area contributed by atoms with E-state index in [0.717, 1.165) is 19.6 Å². The molecule has 1 saturated heterocycles. The molecule has 2 aromatic carbocycles. The van der Waals surface area contributed by atoms with Gasteiger partial charge in [-0.3, -0.25) is 19.8 Å². The molecule has 148 valence electrons. The zero-order valence-electron chi connectivity index (χ0n) is 15.7. The lowest BCUT2D eigenvalue weighted by Gasteiger charge is -2.34. The zero-order chi connectivity index (χ0) is 20.2. The Hall–Kier alpha value is -3.59. The summed E-state index contributed by atoms with van der Waals surface area (Å²) in [6.45, 7) is 3.55. The van der Waals surface area contributed by atoms with Crippen molar-refractivity contribution in [1.29, 1.82) is 0 Å². The summed E-state index contributed by atoms with van der Waals surface area (Å²) < 4.78 is 1.31. The molecule has 0 atom stereocenters. The topological polar surface area (TPSA) is 97.4 Å². The maximum absolute atomic E-state index is 12.9. The summed E-state index contributed by atoms with van der Waals surface area (Å²) in [5, 5.41) is 15.4. The Kier molecular flexibility index (Phi) is 5.30. The minimum atomic E-state index is -0.508. The van der Waals surface area contributed by atoms with Crippen LogP contribution in [0.15, 0.2) is 61.2 Å². The van der Waals surface area contributed by atoms with Crippen molar-refractivity contribution in [2.24, 2.45) is 0 Å². The quantitative estimate of drug-likeness (QED) is 0.487. The zero-order valence-corrected chi connectivity index (χ0v) is 15.7. The van der Waals surface area contributed by atoms with Gasteiger partial charge in [-0.1, -0.05) is 30.3 Å². The maximum atomic E-state index is 12.9. The molecule has 29 heavy (non-hydrogen) atoms. The van der Waals surface area contributed by atoms with Gasteiger partial charge >= 0.3 is 0 Å². The van der Waals surface area contributed by atoms with Gasteiger partial charge in [-0.2, -0.15) is 5.10 Å². The summed E-state index contributed by atoms with van der Waals surface area (Å²) in [6, 6.07) is 14.7. The van der Waals surface area contributed by atoms with E-state index < -0.39 is 4.92 Å². The van der Waals surface area contributed by atoms with E-state index in [4.69, 9.17) is 0 Å². The molecule has 0 unspecified atom stereocenters. The standard InChI is InChI=1S/C20H20N6O3/c27-20(24-10-8-23(9-11-24)13-16-4-2-1-3-5-16)17-6-7-18(19(12-17)26(28)29)25-15-21-14-22-25/h1-7,12,14-15H,8-11,13H2. The van der Waals surface area contributed by atoms with Crippen LogP contribution in [0.25, 0.3) is 5.69 Å². The Morgan fingerprint density at radius 3 is 2.48 bits per heavy atom. The molecule has 0 bridgehead atoms. The van der Waals surface area contributed by atoms with E-state index in [9.17, 15) is 14.9 Å². The average molecular weight is 392 g/mol. The summed E-state index contributed by atoms with van der Waals surface area (Å²) in [4.78, 5) is 31.7. The number of amides is 1. The fourth-order valence-electron chi connectivity index (χ4n) is 3.46. The summed E-state index contributed by atoms with van der Waals surface area (Å²) in [5.74, 6) is -0.197. The molecular formula is C20H20N6O3. The third kappa shape index (κ3) is 4.14. The molecule has 4 rings (SSSR count). The Morgan fingerprint density at radius 1 is 1.07 bits per heavy atom. The number of nitro groups is 1. The van der Waals surface area contributed by atoms with Gasteiger partial charge in [-0.05, 0) is 17.7 Å². The van der Waals surface area contributed by atoms with E-state index in [1.165, 1.54) is 35.0 Å². The van der Waals surface area contributed by atoms with Crippen LogP contribution in [0.3, 0.4) is 0 Å². The number of rotatable bonds is 5. The van der Waals surface area contributed by atoms with Crippen molar-refractivity contribution >= 4 is 11.6 Å². The highest BCUT2D eigenvalue weighted by molar-refractivity contribution is 5.95. The van der Waals surface area contributed by atoms with Gasteiger partial charge in [-0.25, -0.2) is 9.67 Å². The fourth-order valence-corrected chi connectivity index (χ4v) is 3.46. The maximum Gasteiger partial charge on any atom is 0.295 e. The Labute approximate surface area is 167 Å². The first-order chi connectivity index (χ1) is 14.1. The SMILES string of the molecule is O=C(c1ccc(-n2cncn2)c([N+](=O)[O-])c1)N1CCN(Cc2ccccc2)CC1. The van der Waals surface area contributed by atoms with E-state index in [0.29, 0.717) is 18.7 Å². The van der Waals surface area contributed by atoms with Gasteiger partial charge in [0, 0.05) is 44.4 Å². The molecule has 2 heterocycles. The predicted molar refractivity (Wildman–Crippen MR) is 106 cm³/mol. The van der Waals surface area contributed by atoms with Crippen LogP contribution in [0, 0.1) is 10.1 Å². The highest BCUT2D eigenvalue weighted by Crippen LogP contribution is 2.24. The highest BCUT2D eigenvalue weighted by atomic mass is 16.6. The molecule has 1 aromatic heterocycles. The van der Waals surface area contributed by atoms with Gasteiger partial charge in [-0.15, -0.1) is 0 Å². The van der Waals surface area contributed by atoms with Crippen molar-refractivity contribution in [1.82, 2.24) is 24.6 Å². The van der Waals surface area contributed by atoms with Crippen LogP contribution in [0.4, 0.5) is 5.69 Å². The van der Waals surface area contributed by atoms with Gasteiger partial charge in [0.25, 0.3) is 11.6 Å². The first-order valence-electron chi connectivity index (χ1n) is 9.31. The highest BCUT2D eigenvalue weighted by Gasteiger charge is 2.25. The molecule has 0 spiro atoms. The normalized spacial score (nSPS) is 14.7. The van der Waals surface area contributed by atoms with Crippen LogP contribution >= 0.6 is 0 Å². The van der Waals surface area contributed by atoms with Crippen molar-refractivity contribution < 1.29 is 9.72 Å². The van der Waals surface area contributed by atoms with Gasteiger partial charge in [0.1, 0.15) is 18.3 Å². The minimum absolute atomic E-state index is 0.177. The lowest BCUT2D eigenvalue weighted by Crippen LogP contribution is -2.48. The van der Waals surface area contributed by atoms with Crippen molar-refractivity contribution in [2.75, 3.05) is 26.2 Å². The molecule has 3 aromatic rings. The number of nitrogens with zero attached hydrogens (tertiary/aromatic N) is 6. The Balaban J connectivity index is 1.45. The van der Waals surface area contributed by atoms with Gasteiger partial charge in [0.2, 0.25) is 0 Å². The number of aromatic nitrogens is 3. The predicted octanol–water partition coefficient (Wildman–Crippen LogP) is 2.13. The smallest absolute Gasteiger partial charge is 0.295 e. The molecule has 1 fully saturated rings. The largest absolute Gasteiger partial charge is 0.336 e. The number of carbonyl (C=O) groups excluding carboxylic acids is 1. The molecule has 1 amide bonds. The van der Waals surface area contributed by atoms with E-state index in [2.05, 4.69) is 27.1 Å². The first-order valence-corrected chi connectivity index (χ1v) is 9.31. The molecule has 0 aliphatic carbocycles. The fraction of sp³-hybridized carbons (Fsp3) is 0.250. The van der Waals surface area contributed by atoms with Crippen LogP contribution < -0.4 is 0 Å². The summed E-state index contributed by atoms with van der Waals surface area (Å²) in [7, 11) is 0. The van der Waals surface area contributed by atoms with E-state index in [1.807, 2.05) is 18.2 Å². The molecule has 0 saturated carbocycles. The van der Waals surface area contributed by atoms with Crippen LogP contribution in [0.5, 0.6) is 0 Å². The average Bonchev–Trinajstić information content (AvgIpc) is 3.29. The van der Waals surface area contributed by atoms with Crippen LogP contribution in [0.1, 0.15) is 15.9 Å². The number of hydrogen-bond donors (Lipinski definition) is 0. The van der Waals surface area contributed by atoms with E-state index in [-0.39, 0.29) is 17.3 Å². The third-order valence-electron chi connectivity index (χ3n) is 4.99. The van der Waals surface area contributed by atoms with Gasteiger partial charge < -0.3 is 4.90 Å². The number of piperazine rings is 1. The lowest BCUT2D eigenvalue weighted by atomic mass is 10.1. The number of carbonyl (C=O) groups is 1. The first kappa shape index (κ1) is 18.8. The molecule has 9 nitrogen and oxygen atoms in total. The summed E-state index contributed by atoms with van der Waals surface area (Å²) in [6.07, 6.45) is 2.69.